The molecule has 42 heavy (non-hydrogen) atoms. The minimum absolute atomic E-state index is 0. The third kappa shape index (κ3) is 6.00. The van der Waals surface area contributed by atoms with Gasteiger partial charge in [0.2, 0.25) is 0 Å². The summed E-state index contributed by atoms with van der Waals surface area (Å²) in [7, 11) is 0. The van der Waals surface area contributed by atoms with E-state index in [1.165, 1.54) is 34.4 Å². The second-order valence-corrected chi connectivity index (χ2v) is 12.0. The fraction of sp³-hybridized carbons (Fsp3) is 0.297. The summed E-state index contributed by atoms with van der Waals surface area (Å²) in [4.78, 5) is 15.5. The van der Waals surface area contributed by atoms with Crippen molar-refractivity contribution < 1.29 is 29.3 Å². The number of furan rings is 1. The number of nitrogens with zero attached hydrogens (tertiary/aromatic N) is 2. The smallest absolute Gasteiger partial charge is 0.151 e. The number of carbonyl (C=O) groups is 1. The van der Waals surface area contributed by atoms with Gasteiger partial charge >= 0.3 is 0 Å². The molecule has 0 saturated carbocycles. The molecular formula is C37H38IrN2O2-2. The van der Waals surface area contributed by atoms with Crippen LogP contribution in [0, 0.1) is 6.07 Å². The molecule has 219 valence electrons. The molecule has 0 spiro atoms. The average molecular weight is 735 g/mol. The zero-order valence-corrected chi connectivity index (χ0v) is 28.0. The van der Waals surface area contributed by atoms with Crippen LogP contribution in [0.3, 0.4) is 0 Å². The van der Waals surface area contributed by atoms with Crippen LogP contribution in [-0.2, 0) is 30.3 Å². The Bertz CT molecular complexity index is 1790. The van der Waals surface area contributed by atoms with Gasteiger partial charge < -0.3 is 9.73 Å². The first-order valence-corrected chi connectivity index (χ1v) is 14.4. The van der Waals surface area contributed by atoms with E-state index in [9.17, 15) is 4.79 Å². The van der Waals surface area contributed by atoms with Crippen LogP contribution < -0.4 is 0 Å². The number of ketones is 1. The molecule has 4 nitrogen and oxygen atoms in total. The van der Waals surface area contributed by atoms with Gasteiger partial charge in [-0.25, -0.2) is 0 Å². The largest absolute Gasteiger partial charge is 0.686 e. The molecule has 3 aromatic carbocycles. The van der Waals surface area contributed by atoms with Gasteiger partial charge in [-0.15, -0.1) is 35.4 Å². The molecule has 6 rings (SSSR count). The maximum Gasteiger partial charge on any atom is 0.151 e. The maximum atomic E-state index is 10.5. The molecule has 0 fully saturated rings. The topological polar surface area (TPSA) is 57.2 Å². The number of allylic oxidation sites excluding steroid dienone is 2. The number of fused-ring (bicyclic) bond motifs is 6. The van der Waals surface area contributed by atoms with Crippen LogP contribution in [0.5, 0.6) is 0 Å². The molecule has 0 aliphatic heterocycles. The summed E-state index contributed by atoms with van der Waals surface area (Å²) in [6, 6.07) is 27.1. The van der Waals surface area contributed by atoms with Crippen LogP contribution in [0.4, 0.5) is 0 Å². The Kier molecular flexibility index (Phi) is 9.25. The van der Waals surface area contributed by atoms with Gasteiger partial charge in [0, 0.05) is 31.1 Å². The van der Waals surface area contributed by atoms with E-state index in [1.54, 1.807) is 6.08 Å². The predicted octanol–water partition coefficient (Wildman–Crippen LogP) is 10.1. The molecule has 2 aromatic heterocycles. The van der Waals surface area contributed by atoms with E-state index in [-0.39, 0.29) is 37.3 Å². The Morgan fingerprint density at radius 2 is 1.71 bits per heavy atom. The first-order chi connectivity index (χ1) is 19.5. The quantitative estimate of drug-likeness (QED) is 0.133. The van der Waals surface area contributed by atoms with Gasteiger partial charge in [-0.1, -0.05) is 90.4 Å². The minimum Gasteiger partial charge on any atom is -0.686 e. The Balaban J connectivity index is 0.000000320. The predicted molar refractivity (Wildman–Crippen MR) is 170 cm³/mol. The Hall–Kier alpha value is -3.53. The number of pyridine rings is 1. The van der Waals surface area contributed by atoms with Crippen molar-refractivity contribution in [1.29, 1.82) is 0 Å². The molecule has 5 heteroatoms. The number of benzene rings is 3. The number of carbonyl (C=O) groups excluding carboxylic acids is 1. The van der Waals surface area contributed by atoms with Crippen molar-refractivity contribution in [3.05, 3.63) is 107 Å². The molecule has 0 N–H and O–H groups in total. The Morgan fingerprint density at radius 3 is 2.40 bits per heavy atom. The van der Waals surface area contributed by atoms with Crippen LogP contribution in [0.2, 0.25) is 0 Å². The molecule has 1 radical (unpaired) electrons. The van der Waals surface area contributed by atoms with E-state index in [2.05, 4.69) is 93.7 Å². The number of para-hydroxylation sites is 1. The van der Waals surface area contributed by atoms with E-state index >= 15 is 0 Å². The van der Waals surface area contributed by atoms with Crippen LogP contribution in [-0.4, -0.2) is 16.8 Å². The molecule has 1 aliphatic carbocycles. The van der Waals surface area contributed by atoms with Gasteiger partial charge in [0.05, 0.1) is 5.52 Å². The molecule has 0 amide bonds. The molecule has 5 aromatic rings. The van der Waals surface area contributed by atoms with E-state index in [0.717, 1.165) is 39.4 Å². The summed E-state index contributed by atoms with van der Waals surface area (Å²) in [5, 5.41) is 6.53. The van der Waals surface area contributed by atoms with Gasteiger partial charge in [-0.2, -0.15) is 5.70 Å². The second-order valence-electron chi connectivity index (χ2n) is 12.0. The fourth-order valence-corrected chi connectivity index (χ4v) is 5.90. The Labute approximate surface area is 263 Å². The zero-order valence-electron chi connectivity index (χ0n) is 25.6. The maximum absolute atomic E-state index is 10.5. The van der Waals surface area contributed by atoms with Crippen molar-refractivity contribution in [1.82, 2.24) is 4.98 Å². The molecule has 0 bridgehead atoms. The monoisotopic (exact) mass is 735 g/mol. The van der Waals surface area contributed by atoms with Gasteiger partial charge in [-0.05, 0) is 59.2 Å². The van der Waals surface area contributed by atoms with Gasteiger partial charge in [0.1, 0.15) is 11.3 Å². The van der Waals surface area contributed by atoms with Crippen molar-refractivity contribution in [2.45, 2.75) is 72.8 Å². The first kappa shape index (κ1) is 31.4. The summed E-state index contributed by atoms with van der Waals surface area (Å²) in [6.45, 7) is 16.3. The van der Waals surface area contributed by atoms with Crippen LogP contribution in [0.15, 0.2) is 82.9 Å². The summed E-state index contributed by atoms with van der Waals surface area (Å²) in [5.41, 5.74) is 9.62. The summed E-state index contributed by atoms with van der Waals surface area (Å²) >= 11 is 0. The molecule has 0 unspecified atom stereocenters. The number of hydrogen-bond donors (Lipinski definition) is 0. The van der Waals surface area contributed by atoms with Crippen molar-refractivity contribution in [2.75, 3.05) is 0 Å². The third-order valence-corrected chi connectivity index (χ3v) is 7.60. The van der Waals surface area contributed by atoms with E-state index in [1.807, 2.05) is 32.9 Å². The molecule has 0 saturated heterocycles. The number of hydrogen-bond acceptors (Lipinski definition) is 3. The standard InChI is InChI=1S/C29H24NO.C8H15NO.Ir/c1-17(2)18-12-14-23-19(16-18)13-15-24(30-23)20-9-7-10-22-26(20)29(3,4)27-21-8-5-6-11-25(21)31-28(22)27;1-6(2)9-7(3)5-8(4)10;/h5-8,10-17H,1-4H3;5-6H,1-4H3,(H,9,10);/q-1;;/p-1. The van der Waals surface area contributed by atoms with E-state index in [4.69, 9.17) is 9.40 Å². The molecule has 2 heterocycles. The Morgan fingerprint density at radius 1 is 0.976 bits per heavy atom. The fourth-order valence-electron chi connectivity index (χ4n) is 5.90. The first-order valence-electron chi connectivity index (χ1n) is 14.4. The van der Waals surface area contributed by atoms with Gasteiger partial charge in [-0.3, -0.25) is 9.78 Å². The van der Waals surface area contributed by atoms with Crippen LogP contribution in [0.25, 0.3) is 49.8 Å². The van der Waals surface area contributed by atoms with Gasteiger partial charge in [0.15, 0.2) is 5.78 Å². The summed E-state index contributed by atoms with van der Waals surface area (Å²) in [5.74, 6) is 1.55. The summed E-state index contributed by atoms with van der Waals surface area (Å²) in [6.07, 6.45) is 1.54. The van der Waals surface area contributed by atoms with E-state index in [0.29, 0.717) is 5.92 Å². The number of aromatic nitrogens is 1. The second kappa shape index (κ2) is 12.4. The van der Waals surface area contributed by atoms with Crippen molar-refractivity contribution in [3.8, 4) is 22.6 Å². The van der Waals surface area contributed by atoms with Crippen LogP contribution >= 0.6 is 0 Å². The molecule has 1 aliphatic rings. The molecular weight excluding hydrogens is 697 g/mol. The van der Waals surface area contributed by atoms with Crippen molar-refractivity contribution in [2.24, 2.45) is 0 Å². The third-order valence-electron chi connectivity index (χ3n) is 7.60. The normalized spacial score (nSPS) is 13.4. The molecule has 0 atom stereocenters. The van der Waals surface area contributed by atoms with E-state index < -0.39 is 0 Å². The van der Waals surface area contributed by atoms with Crippen molar-refractivity contribution in [3.63, 3.8) is 0 Å². The van der Waals surface area contributed by atoms with Crippen molar-refractivity contribution >= 4 is 27.7 Å². The number of rotatable bonds is 5. The zero-order chi connectivity index (χ0) is 29.5. The van der Waals surface area contributed by atoms with Gasteiger partial charge in [0.25, 0.3) is 0 Å². The minimum atomic E-state index is -0.192. The van der Waals surface area contributed by atoms with Crippen LogP contribution in [0.1, 0.15) is 78.0 Å². The average Bonchev–Trinajstić information content (AvgIpc) is 3.41. The SMILES string of the molecule is CC(=O)/C=C(/C)[N-]C(C)C.CC(C)c1ccc2nc(-c3[c-]ccc4c3C(C)(C)c3c-4oc4ccccc34)ccc2c1.[Ir]. The summed E-state index contributed by atoms with van der Waals surface area (Å²) < 4.78 is 6.33.